The van der Waals surface area contributed by atoms with Gasteiger partial charge in [0.05, 0.1) is 32.5 Å². The van der Waals surface area contributed by atoms with Crippen molar-refractivity contribution in [1.29, 1.82) is 0 Å². The summed E-state index contributed by atoms with van der Waals surface area (Å²) in [4.78, 5) is 0.590. The number of rotatable bonds is 6. The van der Waals surface area contributed by atoms with Crippen LogP contribution in [0, 0.1) is 59.2 Å². The van der Waals surface area contributed by atoms with Crippen LogP contribution in [0.1, 0.15) is 12.8 Å². The second-order valence-electron chi connectivity index (χ2n) is 12.2. The maximum absolute atomic E-state index is 14.3. The van der Waals surface area contributed by atoms with E-state index in [4.69, 9.17) is 0 Å². The Labute approximate surface area is 211 Å². The van der Waals surface area contributed by atoms with Gasteiger partial charge in [-0.05, 0) is 84.5 Å². The summed E-state index contributed by atoms with van der Waals surface area (Å²) in [5, 5.41) is 23.6. The third kappa shape index (κ3) is 2.25. The van der Waals surface area contributed by atoms with Gasteiger partial charge in [0.15, 0.2) is 19.7 Å². The van der Waals surface area contributed by atoms with Crippen LogP contribution in [0.25, 0.3) is 0 Å². The summed E-state index contributed by atoms with van der Waals surface area (Å²) >= 11 is 0. The highest BCUT2D eigenvalue weighted by Crippen LogP contribution is 2.86. The fourth-order valence-electron chi connectivity index (χ4n) is 11.2. The van der Waals surface area contributed by atoms with Crippen molar-refractivity contribution in [2.75, 3.05) is 5.75 Å². The van der Waals surface area contributed by atoms with Crippen LogP contribution < -0.4 is 0 Å². The van der Waals surface area contributed by atoms with Crippen molar-refractivity contribution in [2.24, 2.45) is 59.2 Å². The maximum atomic E-state index is 14.3. The third-order valence-electron chi connectivity index (χ3n) is 11.6. The molecular weight excluding hydrogens is 496 g/mol. The molecule has 2 aromatic carbocycles. The lowest BCUT2D eigenvalue weighted by molar-refractivity contribution is -0.0401. The first-order valence-electron chi connectivity index (χ1n) is 13.2. The lowest BCUT2D eigenvalue weighted by Gasteiger charge is -2.47. The summed E-state index contributed by atoms with van der Waals surface area (Å²) in [5.74, 6) is -0.160. The molecule has 13 atom stereocenters. The van der Waals surface area contributed by atoms with Crippen LogP contribution in [0.15, 0.2) is 70.5 Å². The average molecular weight is 527 g/mol. The van der Waals surface area contributed by atoms with Gasteiger partial charge < -0.3 is 10.2 Å². The first kappa shape index (κ1) is 22.3. The molecular formula is C28H30O6S2. The van der Waals surface area contributed by atoms with Crippen LogP contribution >= 0.6 is 0 Å². The molecule has 0 aliphatic heterocycles. The highest BCUT2D eigenvalue weighted by Gasteiger charge is 2.90. The molecule has 6 nitrogen and oxygen atoms in total. The van der Waals surface area contributed by atoms with E-state index in [1.54, 1.807) is 60.7 Å². The minimum Gasteiger partial charge on any atom is -0.392 e. The second kappa shape index (κ2) is 6.82. The van der Waals surface area contributed by atoms with Gasteiger partial charge in [0.2, 0.25) is 0 Å². The Balaban J connectivity index is 1.20. The molecule has 6 saturated carbocycles. The minimum absolute atomic E-state index is 0.0187. The SMILES string of the molecule is O=S(=O)(CCC1C2C3C4C5C6CC(S(=O)(=O)c7ccccc7)(C(C63)[C@@H]2O)C5[C@@H](O)C14)c1ccccc1. The van der Waals surface area contributed by atoms with E-state index in [-0.39, 0.29) is 69.8 Å². The number of hydrogen-bond donors (Lipinski definition) is 2. The van der Waals surface area contributed by atoms with Crippen molar-refractivity contribution in [3.05, 3.63) is 60.7 Å². The second-order valence-corrected chi connectivity index (χ2v) is 16.6. The predicted molar refractivity (Wildman–Crippen MR) is 131 cm³/mol. The molecule has 11 unspecified atom stereocenters. The monoisotopic (exact) mass is 526 g/mol. The Hall–Kier alpha value is -1.74. The Kier molecular flexibility index (Phi) is 4.22. The number of benzene rings is 2. The molecule has 0 amide bonds. The Bertz CT molecular complexity index is 1420. The molecule has 190 valence electrons. The largest absolute Gasteiger partial charge is 0.392 e. The van der Waals surface area contributed by atoms with Crippen LogP contribution in [0.4, 0.5) is 0 Å². The van der Waals surface area contributed by atoms with Gasteiger partial charge in [0, 0.05) is 11.8 Å². The molecule has 8 heteroatoms. The van der Waals surface area contributed by atoms with Crippen molar-refractivity contribution in [3.63, 3.8) is 0 Å². The smallest absolute Gasteiger partial charge is 0.184 e. The molecule has 2 N–H and O–H groups in total. The molecule has 0 radical (unpaired) electrons. The molecule has 2 bridgehead atoms. The standard InChI is InChI=1S/C28H30O6S2/c29-26-20-16(11-12-35(31,32)14-7-3-1-4-8-14)21-23-19-17-13-28(25(19)27(21)30,24(26)18(17)22(20)23)36(33,34)15-9-5-2-6-10-15/h1-10,16-27,29-30H,11-13H2/t16?,17?,18?,19?,20?,21?,22?,23?,24?,25?,26-,27+,28?. The van der Waals surface area contributed by atoms with Crippen molar-refractivity contribution in [1.82, 2.24) is 0 Å². The minimum atomic E-state index is -3.78. The number of sulfone groups is 2. The third-order valence-corrected chi connectivity index (χ3v) is 16.0. The van der Waals surface area contributed by atoms with Crippen molar-refractivity contribution >= 4 is 19.7 Å². The van der Waals surface area contributed by atoms with Crippen molar-refractivity contribution in [2.45, 2.75) is 39.6 Å². The zero-order chi connectivity index (χ0) is 24.8. The van der Waals surface area contributed by atoms with Crippen LogP contribution in [-0.4, -0.2) is 49.8 Å². The van der Waals surface area contributed by atoms with E-state index in [9.17, 15) is 27.0 Å². The van der Waals surface area contributed by atoms with Crippen LogP contribution in [0.5, 0.6) is 0 Å². The van der Waals surface area contributed by atoms with Crippen molar-refractivity contribution in [3.8, 4) is 0 Å². The Morgan fingerprint density at radius 2 is 1.19 bits per heavy atom. The molecule has 6 aliphatic rings. The number of fused-ring (bicyclic) bond motifs is 3. The fraction of sp³-hybridized carbons (Fsp3) is 0.571. The van der Waals surface area contributed by atoms with Gasteiger partial charge in [0.25, 0.3) is 0 Å². The lowest BCUT2D eigenvalue weighted by atomic mass is 9.68. The molecule has 2 aromatic rings. The van der Waals surface area contributed by atoms with Gasteiger partial charge in [-0.1, -0.05) is 36.4 Å². The first-order valence-corrected chi connectivity index (χ1v) is 16.3. The highest BCUT2D eigenvalue weighted by molar-refractivity contribution is 7.93. The van der Waals surface area contributed by atoms with Gasteiger partial charge in [-0.2, -0.15) is 0 Å². The van der Waals surface area contributed by atoms with Crippen LogP contribution in [0.3, 0.4) is 0 Å². The van der Waals surface area contributed by atoms with Gasteiger partial charge >= 0.3 is 0 Å². The van der Waals surface area contributed by atoms with Gasteiger partial charge in [0.1, 0.15) is 0 Å². The van der Waals surface area contributed by atoms with E-state index in [0.29, 0.717) is 17.7 Å². The van der Waals surface area contributed by atoms with E-state index in [1.165, 1.54) is 0 Å². The van der Waals surface area contributed by atoms with E-state index in [0.717, 1.165) is 0 Å². The first-order chi connectivity index (χ1) is 17.2. The van der Waals surface area contributed by atoms with E-state index < -0.39 is 36.6 Å². The van der Waals surface area contributed by atoms with E-state index in [1.807, 2.05) is 0 Å². The normalized spacial score (nSPS) is 48.9. The summed E-state index contributed by atoms with van der Waals surface area (Å²) in [6.07, 6.45) is -0.591. The zero-order valence-corrected chi connectivity index (χ0v) is 21.3. The van der Waals surface area contributed by atoms with Crippen LogP contribution in [-0.2, 0) is 19.7 Å². The highest BCUT2D eigenvalue weighted by atomic mass is 32.2. The molecule has 0 aromatic heterocycles. The molecule has 8 rings (SSSR count). The molecule has 0 heterocycles. The molecule has 6 aliphatic carbocycles. The molecule has 0 saturated heterocycles. The summed E-state index contributed by atoms with van der Waals surface area (Å²) in [6, 6.07) is 17.0. The van der Waals surface area contributed by atoms with Gasteiger partial charge in [-0.25, -0.2) is 16.8 Å². The van der Waals surface area contributed by atoms with E-state index >= 15 is 0 Å². The number of aliphatic hydroxyl groups is 2. The van der Waals surface area contributed by atoms with Crippen LogP contribution in [0.2, 0.25) is 0 Å². The zero-order valence-electron chi connectivity index (χ0n) is 19.7. The lowest BCUT2D eigenvalue weighted by Crippen LogP contribution is -2.58. The molecule has 0 spiro atoms. The Morgan fingerprint density at radius 3 is 1.72 bits per heavy atom. The maximum Gasteiger partial charge on any atom is 0.184 e. The number of hydrogen-bond acceptors (Lipinski definition) is 6. The summed E-state index contributed by atoms with van der Waals surface area (Å²) < 4.78 is 53.7. The summed E-state index contributed by atoms with van der Waals surface area (Å²) in [5.41, 5.74) is 0. The summed E-state index contributed by atoms with van der Waals surface area (Å²) in [6.45, 7) is 0. The number of aliphatic hydroxyl groups excluding tert-OH is 2. The average Bonchev–Trinajstić information content (AvgIpc) is 3.66. The quantitative estimate of drug-likeness (QED) is 0.599. The summed E-state index contributed by atoms with van der Waals surface area (Å²) in [7, 11) is -7.25. The molecule has 36 heavy (non-hydrogen) atoms. The van der Waals surface area contributed by atoms with Gasteiger partial charge in [-0.3, -0.25) is 0 Å². The van der Waals surface area contributed by atoms with Gasteiger partial charge in [-0.15, -0.1) is 0 Å². The predicted octanol–water partition coefficient (Wildman–Crippen LogP) is 2.42. The fourth-order valence-corrected chi connectivity index (χ4v) is 15.2. The topological polar surface area (TPSA) is 109 Å². The molecule has 6 fully saturated rings. The Morgan fingerprint density at radius 1 is 0.694 bits per heavy atom. The van der Waals surface area contributed by atoms with E-state index in [2.05, 4.69) is 0 Å². The van der Waals surface area contributed by atoms with Crippen molar-refractivity contribution < 1.29 is 27.0 Å².